The summed E-state index contributed by atoms with van der Waals surface area (Å²) >= 11 is 1.41. The molecule has 1 fully saturated rings. The van der Waals surface area contributed by atoms with E-state index in [1.54, 1.807) is 12.3 Å². The molecule has 0 aliphatic carbocycles. The Kier molecular flexibility index (Phi) is 7.03. The van der Waals surface area contributed by atoms with Crippen molar-refractivity contribution in [2.45, 2.75) is 25.0 Å². The van der Waals surface area contributed by atoms with E-state index in [1.165, 1.54) is 17.3 Å². The number of nitrogens with one attached hydrogen (secondary N) is 1. The average molecular weight is 394 g/mol. The number of benzene rings is 2. The number of amidine groups is 1. The van der Waals surface area contributed by atoms with Crippen LogP contribution in [0.3, 0.4) is 0 Å². The van der Waals surface area contributed by atoms with E-state index < -0.39 is 0 Å². The highest BCUT2D eigenvalue weighted by Gasteiger charge is 2.30. The van der Waals surface area contributed by atoms with E-state index >= 15 is 0 Å². The fraction of sp³-hybridized carbons (Fsp3) is 0.227. The molecule has 0 saturated carbocycles. The highest BCUT2D eigenvalue weighted by molar-refractivity contribution is 8.15. The molecule has 0 spiro atoms. The predicted octanol–water partition coefficient (Wildman–Crippen LogP) is 3.98. The lowest BCUT2D eigenvalue weighted by atomic mass is 10.1. The van der Waals surface area contributed by atoms with Crippen LogP contribution in [0.2, 0.25) is 0 Å². The molecule has 144 valence electrons. The zero-order valence-electron chi connectivity index (χ0n) is 15.8. The summed E-state index contributed by atoms with van der Waals surface area (Å²) < 4.78 is 5.59. The number of thioether (sulfide) groups is 1. The van der Waals surface area contributed by atoms with Gasteiger partial charge in [-0.05, 0) is 36.1 Å². The number of para-hydroxylation sites is 1. The van der Waals surface area contributed by atoms with Gasteiger partial charge in [-0.3, -0.25) is 4.79 Å². The van der Waals surface area contributed by atoms with E-state index in [9.17, 15) is 4.79 Å². The molecule has 5 nitrogen and oxygen atoms in total. The zero-order valence-corrected chi connectivity index (χ0v) is 16.6. The van der Waals surface area contributed by atoms with Gasteiger partial charge in [-0.15, -0.1) is 5.10 Å². The van der Waals surface area contributed by atoms with Crippen molar-refractivity contribution in [3.05, 3.63) is 77.9 Å². The molecular weight excluding hydrogens is 370 g/mol. The standard InChI is InChI=1S/C22H23N3O2S/c1-3-13-27-19-8-6-5-7-18(19)15-23-25-22-24-21(26)20(28-22)14-17-11-9-16(4-2)10-12-17/h3,5-12,15,20H,1,4,13-14H2,2H3,(H,24,25,26)/b23-15-/t20-/m1/s1. The number of carbonyl (C=O) groups is 1. The van der Waals surface area contributed by atoms with Gasteiger partial charge in [-0.1, -0.05) is 67.7 Å². The zero-order chi connectivity index (χ0) is 19.8. The number of aryl methyl sites for hydroxylation is 1. The van der Waals surface area contributed by atoms with Crippen molar-refractivity contribution < 1.29 is 9.53 Å². The third kappa shape index (κ3) is 5.33. The van der Waals surface area contributed by atoms with Crippen LogP contribution in [0.4, 0.5) is 0 Å². The summed E-state index contributed by atoms with van der Waals surface area (Å²) in [5, 5.41) is 11.4. The van der Waals surface area contributed by atoms with Gasteiger partial charge in [-0.25, -0.2) is 0 Å². The molecule has 6 heteroatoms. The lowest BCUT2D eigenvalue weighted by Crippen LogP contribution is -2.25. The number of carbonyl (C=O) groups excluding carboxylic acids is 1. The summed E-state index contributed by atoms with van der Waals surface area (Å²) in [6.45, 7) is 6.20. The molecule has 2 aromatic carbocycles. The van der Waals surface area contributed by atoms with E-state index in [0.29, 0.717) is 23.9 Å². The average Bonchev–Trinajstić information content (AvgIpc) is 3.07. The molecule has 0 radical (unpaired) electrons. The number of hydrogen-bond acceptors (Lipinski definition) is 5. The lowest BCUT2D eigenvalue weighted by Gasteiger charge is -2.06. The minimum atomic E-state index is -0.190. The Morgan fingerprint density at radius 1 is 1.18 bits per heavy atom. The van der Waals surface area contributed by atoms with E-state index in [2.05, 4.69) is 53.3 Å². The topological polar surface area (TPSA) is 63.1 Å². The Morgan fingerprint density at radius 3 is 2.68 bits per heavy atom. The van der Waals surface area contributed by atoms with Crippen molar-refractivity contribution in [3.8, 4) is 5.75 Å². The molecule has 28 heavy (non-hydrogen) atoms. The van der Waals surface area contributed by atoms with E-state index in [4.69, 9.17) is 4.74 Å². The molecule has 1 N–H and O–H groups in total. The molecule has 1 atom stereocenters. The summed E-state index contributed by atoms with van der Waals surface area (Å²) in [6.07, 6.45) is 4.99. The Balaban J connectivity index is 1.62. The first-order chi connectivity index (χ1) is 13.7. The number of amides is 1. The number of ether oxygens (including phenoxy) is 1. The molecule has 1 aliphatic heterocycles. The van der Waals surface area contributed by atoms with Crippen LogP contribution in [0.5, 0.6) is 5.75 Å². The second-order valence-electron chi connectivity index (χ2n) is 6.26. The second-order valence-corrected chi connectivity index (χ2v) is 7.45. The number of rotatable bonds is 8. The van der Waals surface area contributed by atoms with Gasteiger partial charge >= 0.3 is 0 Å². The van der Waals surface area contributed by atoms with Crippen LogP contribution in [-0.2, 0) is 17.6 Å². The van der Waals surface area contributed by atoms with Crippen molar-refractivity contribution >= 4 is 29.1 Å². The highest BCUT2D eigenvalue weighted by atomic mass is 32.2. The first kappa shape index (κ1) is 19.9. The molecule has 1 saturated heterocycles. The normalized spacial score (nSPS) is 17.8. The first-order valence-electron chi connectivity index (χ1n) is 9.18. The van der Waals surface area contributed by atoms with E-state index in [1.807, 2.05) is 24.3 Å². The number of nitrogens with zero attached hydrogens (tertiary/aromatic N) is 2. The van der Waals surface area contributed by atoms with Gasteiger partial charge in [0.05, 0.1) is 11.5 Å². The van der Waals surface area contributed by atoms with E-state index in [-0.39, 0.29) is 11.2 Å². The van der Waals surface area contributed by atoms with Gasteiger partial charge in [-0.2, -0.15) is 5.10 Å². The van der Waals surface area contributed by atoms with Crippen LogP contribution in [0, 0.1) is 0 Å². The van der Waals surface area contributed by atoms with Gasteiger partial charge in [0.1, 0.15) is 12.4 Å². The fourth-order valence-electron chi connectivity index (χ4n) is 2.72. The first-order valence-corrected chi connectivity index (χ1v) is 10.1. The molecule has 1 aliphatic rings. The van der Waals surface area contributed by atoms with Gasteiger partial charge in [0.2, 0.25) is 5.91 Å². The summed E-state index contributed by atoms with van der Waals surface area (Å²) in [5.74, 6) is 0.677. The largest absolute Gasteiger partial charge is 0.489 e. The maximum Gasteiger partial charge on any atom is 0.239 e. The second kappa shape index (κ2) is 9.90. The smallest absolute Gasteiger partial charge is 0.239 e. The van der Waals surface area contributed by atoms with Gasteiger partial charge in [0, 0.05) is 5.56 Å². The minimum Gasteiger partial charge on any atom is -0.489 e. The van der Waals surface area contributed by atoms with Crippen LogP contribution >= 0.6 is 11.8 Å². The molecule has 0 aromatic heterocycles. The molecule has 1 heterocycles. The van der Waals surface area contributed by atoms with Crippen molar-refractivity contribution in [1.29, 1.82) is 0 Å². The van der Waals surface area contributed by atoms with Crippen LogP contribution in [-0.4, -0.2) is 29.1 Å². The summed E-state index contributed by atoms with van der Waals surface area (Å²) in [6, 6.07) is 15.9. The number of hydrogen-bond donors (Lipinski definition) is 1. The summed E-state index contributed by atoms with van der Waals surface area (Å²) in [7, 11) is 0. The Bertz CT molecular complexity index is 891. The van der Waals surface area contributed by atoms with Gasteiger partial charge in [0.25, 0.3) is 0 Å². The minimum absolute atomic E-state index is 0.0340. The van der Waals surface area contributed by atoms with Gasteiger partial charge < -0.3 is 10.1 Å². The molecule has 1 amide bonds. The van der Waals surface area contributed by atoms with Crippen LogP contribution in [0.15, 0.2) is 71.4 Å². The maximum atomic E-state index is 12.2. The lowest BCUT2D eigenvalue weighted by molar-refractivity contribution is -0.118. The SMILES string of the molecule is C=CCOc1ccccc1/C=N\N=C1/NC(=O)[C@@H](Cc2ccc(CC)cc2)S1. The maximum absolute atomic E-state index is 12.2. The van der Waals surface area contributed by atoms with Crippen LogP contribution < -0.4 is 10.1 Å². The third-order valence-electron chi connectivity index (χ3n) is 4.25. The molecule has 3 rings (SSSR count). The molecular formula is C22H23N3O2S. The Morgan fingerprint density at radius 2 is 1.93 bits per heavy atom. The quantitative estimate of drug-likeness (QED) is 0.419. The molecule has 2 aromatic rings. The van der Waals surface area contributed by atoms with Crippen LogP contribution in [0.25, 0.3) is 0 Å². The monoisotopic (exact) mass is 393 g/mol. The highest BCUT2D eigenvalue weighted by Crippen LogP contribution is 2.24. The molecule has 0 bridgehead atoms. The third-order valence-corrected chi connectivity index (χ3v) is 5.32. The van der Waals surface area contributed by atoms with Crippen LogP contribution in [0.1, 0.15) is 23.6 Å². The predicted molar refractivity (Wildman–Crippen MR) is 116 cm³/mol. The van der Waals surface area contributed by atoms with E-state index in [0.717, 1.165) is 17.5 Å². The Hall–Kier alpha value is -2.86. The summed E-state index contributed by atoms with van der Waals surface area (Å²) in [4.78, 5) is 12.2. The van der Waals surface area contributed by atoms with Crippen molar-refractivity contribution in [3.63, 3.8) is 0 Å². The fourth-order valence-corrected chi connectivity index (χ4v) is 3.69. The van der Waals surface area contributed by atoms with Gasteiger partial charge in [0.15, 0.2) is 5.17 Å². The van der Waals surface area contributed by atoms with Crippen molar-refractivity contribution in [1.82, 2.24) is 5.32 Å². The Labute approximate surface area is 169 Å². The van der Waals surface area contributed by atoms with Crippen molar-refractivity contribution in [2.24, 2.45) is 10.2 Å². The van der Waals surface area contributed by atoms with Crippen molar-refractivity contribution in [2.75, 3.05) is 6.61 Å². The molecule has 0 unspecified atom stereocenters. The summed E-state index contributed by atoms with van der Waals surface area (Å²) in [5.41, 5.74) is 3.25.